The Labute approximate surface area is 89.7 Å². The molecule has 1 amide bonds. The summed E-state index contributed by atoms with van der Waals surface area (Å²) in [5.74, 6) is -0.296. The summed E-state index contributed by atoms with van der Waals surface area (Å²) in [6.45, 7) is 3.58. The van der Waals surface area contributed by atoms with Crippen LogP contribution in [0.4, 0.5) is 5.13 Å². The average molecular weight is 223 g/mol. The molecule has 0 aliphatic heterocycles. The Kier molecular flexibility index (Phi) is 2.46. The molecule has 2 heterocycles. The topological polar surface area (TPSA) is 83.6 Å². The van der Waals surface area contributed by atoms with Crippen LogP contribution in [0, 0.1) is 13.8 Å². The fourth-order valence-electron chi connectivity index (χ4n) is 1.07. The van der Waals surface area contributed by atoms with Crippen molar-refractivity contribution in [3.8, 4) is 0 Å². The van der Waals surface area contributed by atoms with Gasteiger partial charge in [-0.05, 0) is 13.8 Å². The van der Waals surface area contributed by atoms with Crippen molar-refractivity contribution in [2.45, 2.75) is 13.8 Å². The van der Waals surface area contributed by atoms with E-state index in [0.29, 0.717) is 16.5 Å². The average Bonchev–Trinajstić information content (AvgIpc) is 2.75. The Morgan fingerprint density at radius 3 is 2.80 bits per heavy atom. The van der Waals surface area contributed by atoms with Gasteiger partial charge in [-0.25, -0.2) is 4.98 Å². The molecule has 7 heteroatoms. The van der Waals surface area contributed by atoms with Gasteiger partial charge in [-0.2, -0.15) is 15.4 Å². The van der Waals surface area contributed by atoms with Crippen molar-refractivity contribution < 1.29 is 4.79 Å². The van der Waals surface area contributed by atoms with Crippen LogP contribution in [0.25, 0.3) is 0 Å². The highest BCUT2D eigenvalue weighted by molar-refractivity contribution is 7.13. The zero-order valence-electron chi connectivity index (χ0n) is 8.24. The van der Waals surface area contributed by atoms with E-state index in [1.165, 1.54) is 11.3 Å². The number of thiazole rings is 1. The highest BCUT2D eigenvalue weighted by Gasteiger charge is 2.14. The van der Waals surface area contributed by atoms with Gasteiger partial charge in [-0.3, -0.25) is 10.1 Å². The largest absolute Gasteiger partial charge is 0.296 e. The summed E-state index contributed by atoms with van der Waals surface area (Å²) in [5, 5.41) is 15.0. The molecule has 78 valence electrons. The molecule has 0 aliphatic rings. The van der Waals surface area contributed by atoms with Crippen molar-refractivity contribution in [3.05, 3.63) is 22.5 Å². The first-order valence-corrected chi connectivity index (χ1v) is 5.15. The molecule has 0 saturated heterocycles. The maximum absolute atomic E-state index is 11.6. The number of aromatic nitrogens is 4. The van der Waals surface area contributed by atoms with Crippen LogP contribution in [-0.4, -0.2) is 26.3 Å². The van der Waals surface area contributed by atoms with Gasteiger partial charge in [-0.15, -0.1) is 11.3 Å². The predicted molar refractivity (Wildman–Crippen MR) is 55.9 cm³/mol. The number of hydrogen-bond donors (Lipinski definition) is 2. The molecule has 0 fully saturated rings. The molecule has 2 aromatic heterocycles. The Bertz CT molecular complexity index is 489. The molecule has 6 nitrogen and oxygen atoms in total. The van der Waals surface area contributed by atoms with E-state index in [1.807, 2.05) is 12.3 Å². The molecule has 0 aliphatic carbocycles. The van der Waals surface area contributed by atoms with Crippen molar-refractivity contribution in [1.82, 2.24) is 20.4 Å². The predicted octanol–water partition coefficient (Wildman–Crippen LogP) is 1.13. The number of nitrogens with zero attached hydrogens (tertiary/aromatic N) is 3. The monoisotopic (exact) mass is 223 g/mol. The zero-order valence-corrected chi connectivity index (χ0v) is 9.05. The second kappa shape index (κ2) is 3.77. The van der Waals surface area contributed by atoms with Gasteiger partial charge in [0.2, 0.25) is 0 Å². The van der Waals surface area contributed by atoms with Crippen LogP contribution >= 0.6 is 11.3 Å². The molecule has 15 heavy (non-hydrogen) atoms. The lowest BCUT2D eigenvalue weighted by molar-refractivity contribution is 0.102. The number of aromatic amines is 1. The lowest BCUT2D eigenvalue weighted by atomic mass is 10.3. The summed E-state index contributed by atoms with van der Waals surface area (Å²) in [7, 11) is 0. The highest BCUT2D eigenvalue weighted by Crippen LogP contribution is 2.15. The number of aryl methyl sites for hydroxylation is 2. The third-order valence-electron chi connectivity index (χ3n) is 1.78. The molecule has 0 radical (unpaired) electrons. The van der Waals surface area contributed by atoms with Crippen LogP contribution in [-0.2, 0) is 0 Å². The summed E-state index contributed by atoms with van der Waals surface area (Å²) in [6.07, 6.45) is 0. The quantitative estimate of drug-likeness (QED) is 0.799. The minimum atomic E-state index is -0.296. The van der Waals surface area contributed by atoms with Gasteiger partial charge < -0.3 is 0 Å². The maximum Gasteiger partial charge on any atom is 0.279 e. The first kappa shape index (κ1) is 9.78. The third kappa shape index (κ3) is 2.01. The van der Waals surface area contributed by atoms with Gasteiger partial charge in [-0.1, -0.05) is 0 Å². The second-order valence-electron chi connectivity index (χ2n) is 3.01. The van der Waals surface area contributed by atoms with Gasteiger partial charge in [0.15, 0.2) is 10.8 Å². The highest BCUT2D eigenvalue weighted by atomic mass is 32.1. The summed E-state index contributed by atoms with van der Waals surface area (Å²) in [4.78, 5) is 15.8. The van der Waals surface area contributed by atoms with E-state index in [1.54, 1.807) is 6.92 Å². The van der Waals surface area contributed by atoms with Gasteiger partial charge >= 0.3 is 0 Å². The van der Waals surface area contributed by atoms with E-state index in [9.17, 15) is 4.79 Å². The van der Waals surface area contributed by atoms with Crippen molar-refractivity contribution >= 4 is 22.4 Å². The Hall–Kier alpha value is -1.76. The summed E-state index contributed by atoms with van der Waals surface area (Å²) < 4.78 is 0. The van der Waals surface area contributed by atoms with Crippen LogP contribution in [0.2, 0.25) is 0 Å². The van der Waals surface area contributed by atoms with Crippen LogP contribution in [0.1, 0.15) is 21.9 Å². The van der Waals surface area contributed by atoms with E-state index in [2.05, 4.69) is 25.7 Å². The Balaban J connectivity index is 2.14. The van der Waals surface area contributed by atoms with Gasteiger partial charge in [0.25, 0.3) is 5.91 Å². The number of carbonyl (C=O) groups excluding carboxylic acids is 1. The summed E-state index contributed by atoms with van der Waals surface area (Å²) >= 11 is 1.38. The third-order valence-corrected chi connectivity index (χ3v) is 2.65. The SMILES string of the molecule is Cc1csc(NC(=O)c2n[nH]nc2C)n1. The minimum absolute atomic E-state index is 0.294. The van der Waals surface area contributed by atoms with Crippen LogP contribution in [0.3, 0.4) is 0 Å². The van der Waals surface area contributed by atoms with Crippen molar-refractivity contribution in [2.24, 2.45) is 0 Å². The molecule has 2 aromatic rings. The van der Waals surface area contributed by atoms with E-state index in [4.69, 9.17) is 0 Å². The lowest BCUT2D eigenvalue weighted by Gasteiger charge is -1.97. The van der Waals surface area contributed by atoms with Gasteiger partial charge in [0.1, 0.15) is 0 Å². The zero-order chi connectivity index (χ0) is 10.8. The molecule has 0 bridgehead atoms. The molecule has 2 N–H and O–H groups in total. The number of rotatable bonds is 2. The van der Waals surface area contributed by atoms with E-state index in [-0.39, 0.29) is 5.91 Å². The first-order valence-electron chi connectivity index (χ1n) is 4.27. The van der Waals surface area contributed by atoms with E-state index in [0.717, 1.165) is 5.69 Å². The maximum atomic E-state index is 11.6. The van der Waals surface area contributed by atoms with Gasteiger partial charge in [0, 0.05) is 5.38 Å². The molecule has 0 spiro atoms. The fraction of sp³-hybridized carbons (Fsp3) is 0.250. The smallest absolute Gasteiger partial charge is 0.279 e. The number of carbonyl (C=O) groups is 1. The number of hydrogen-bond acceptors (Lipinski definition) is 5. The first-order chi connectivity index (χ1) is 7.16. The molecular formula is C8H9N5OS. The minimum Gasteiger partial charge on any atom is -0.296 e. The van der Waals surface area contributed by atoms with Crippen molar-refractivity contribution in [1.29, 1.82) is 0 Å². The number of H-pyrrole nitrogens is 1. The summed E-state index contributed by atoms with van der Waals surface area (Å²) in [5.41, 5.74) is 1.75. The number of nitrogens with one attached hydrogen (secondary N) is 2. The van der Waals surface area contributed by atoms with E-state index >= 15 is 0 Å². The molecule has 0 aromatic carbocycles. The van der Waals surface area contributed by atoms with Crippen LogP contribution in [0.15, 0.2) is 5.38 Å². The van der Waals surface area contributed by atoms with Crippen molar-refractivity contribution in [3.63, 3.8) is 0 Å². The second-order valence-corrected chi connectivity index (χ2v) is 3.86. The molecular weight excluding hydrogens is 214 g/mol. The Morgan fingerprint density at radius 1 is 1.47 bits per heavy atom. The van der Waals surface area contributed by atoms with Crippen LogP contribution in [0.5, 0.6) is 0 Å². The lowest BCUT2D eigenvalue weighted by Crippen LogP contribution is -2.13. The molecule has 0 saturated carbocycles. The molecule has 0 atom stereocenters. The van der Waals surface area contributed by atoms with Crippen molar-refractivity contribution in [2.75, 3.05) is 5.32 Å². The number of amides is 1. The number of anilines is 1. The summed E-state index contributed by atoms with van der Waals surface area (Å²) in [6, 6.07) is 0. The fourth-order valence-corrected chi connectivity index (χ4v) is 1.75. The standard InChI is InChI=1S/C8H9N5OS/c1-4-3-15-8(9-4)10-7(14)6-5(2)11-13-12-6/h3H,1-2H3,(H,9,10,14)(H,11,12,13). The van der Waals surface area contributed by atoms with E-state index < -0.39 is 0 Å². The normalized spacial score (nSPS) is 10.3. The molecule has 2 rings (SSSR count). The Morgan fingerprint density at radius 2 is 2.27 bits per heavy atom. The van der Waals surface area contributed by atoms with Gasteiger partial charge in [0.05, 0.1) is 11.4 Å². The molecule has 0 unspecified atom stereocenters. The van der Waals surface area contributed by atoms with Crippen LogP contribution < -0.4 is 5.32 Å².